The fraction of sp³-hybridized carbons (Fsp3) is 0.500. The number of carbonyl (C=O) groups is 1. The van der Waals surface area contributed by atoms with Gasteiger partial charge >= 0.3 is 5.97 Å². The van der Waals surface area contributed by atoms with Crippen LogP contribution in [0.3, 0.4) is 0 Å². The molecule has 0 radical (unpaired) electrons. The van der Waals surface area contributed by atoms with Gasteiger partial charge in [0.25, 0.3) is 0 Å². The average Bonchev–Trinajstić information content (AvgIpc) is 2.36. The van der Waals surface area contributed by atoms with Gasteiger partial charge in [-0.1, -0.05) is 12.1 Å². The summed E-state index contributed by atoms with van der Waals surface area (Å²) in [5.41, 5.74) is 1.06. The molecule has 0 spiro atoms. The molecule has 1 N–H and O–H groups in total. The van der Waals surface area contributed by atoms with Crippen LogP contribution in [0.4, 0.5) is 4.39 Å². The van der Waals surface area contributed by atoms with Gasteiger partial charge in [0.15, 0.2) is 0 Å². The molecule has 4 heteroatoms. The molecular formula is C14H20FNO2. The van der Waals surface area contributed by atoms with Gasteiger partial charge in [-0.05, 0) is 44.0 Å². The van der Waals surface area contributed by atoms with Crippen molar-refractivity contribution in [1.82, 2.24) is 5.32 Å². The molecule has 0 bridgehead atoms. The van der Waals surface area contributed by atoms with E-state index in [0.717, 1.165) is 31.5 Å². The van der Waals surface area contributed by atoms with Crippen LogP contribution >= 0.6 is 0 Å². The molecule has 0 saturated heterocycles. The van der Waals surface area contributed by atoms with Crippen LogP contribution in [-0.2, 0) is 16.1 Å². The van der Waals surface area contributed by atoms with E-state index in [1.54, 1.807) is 12.1 Å². The Morgan fingerprint density at radius 3 is 2.67 bits per heavy atom. The highest BCUT2D eigenvalue weighted by molar-refractivity contribution is 5.69. The lowest BCUT2D eigenvalue weighted by Gasteiger charge is -2.05. The summed E-state index contributed by atoms with van der Waals surface area (Å²) in [6.07, 6.45) is 2.24. The number of hydrogen-bond donors (Lipinski definition) is 1. The van der Waals surface area contributed by atoms with Gasteiger partial charge < -0.3 is 10.1 Å². The SMILES string of the molecule is CCOC(=O)CCCCNCc1ccc(F)cc1. The quantitative estimate of drug-likeness (QED) is 0.572. The highest BCUT2D eigenvalue weighted by atomic mass is 19.1. The zero-order chi connectivity index (χ0) is 13.2. The lowest BCUT2D eigenvalue weighted by atomic mass is 10.2. The molecule has 3 nitrogen and oxygen atoms in total. The first-order valence-corrected chi connectivity index (χ1v) is 6.33. The Bertz CT molecular complexity index is 351. The smallest absolute Gasteiger partial charge is 0.305 e. The molecule has 0 fully saturated rings. The summed E-state index contributed by atoms with van der Waals surface area (Å²) in [5.74, 6) is -0.343. The molecule has 0 amide bonds. The van der Waals surface area contributed by atoms with Gasteiger partial charge in [0, 0.05) is 13.0 Å². The van der Waals surface area contributed by atoms with E-state index >= 15 is 0 Å². The van der Waals surface area contributed by atoms with E-state index in [9.17, 15) is 9.18 Å². The van der Waals surface area contributed by atoms with Crippen molar-refractivity contribution in [1.29, 1.82) is 0 Å². The molecule has 0 aromatic heterocycles. The van der Waals surface area contributed by atoms with E-state index in [0.29, 0.717) is 13.0 Å². The fourth-order valence-corrected chi connectivity index (χ4v) is 1.59. The zero-order valence-corrected chi connectivity index (χ0v) is 10.7. The lowest BCUT2D eigenvalue weighted by molar-refractivity contribution is -0.143. The monoisotopic (exact) mass is 253 g/mol. The number of esters is 1. The predicted octanol–water partition coefficient (Wildman–Crippen LogP) is 2.65. The Hall–Kier alpha value is -1.42. The van der Waals surface area contributed by atoms with Crippen LogP contribution in [0.1, 0.15) is 31.7 Å². The van der Waals surface area contributed by atoms with Crippen LogP contribution in [0, 0.1) is 5.82 Å². The third-order valence-electron chi connectivity index (χ3n) is 2.53. The summed E-state index contributed by atoms with van der Waals surface area (Å²) in [7, 11) is 0. The maximum Gasteiger partial charge on any atom is 0.305 e. The molecule has 0 heterocycles. The van der Waals surface area contributed by atoms with Crippen LogP contribution < -0.4 is 5.32 Å². The van der Waals surface area contributed by atoms with Crippen molar-refractivity contribution in [2.75, 3.05) is 13.2 Å². The van der Waals surface area contributed by atoms with Gasteiger partial charge in [-0.15, -0.1) is 0 Å². The van der Waals surface area contributed by atoms with Gasteiger partial charge in [0.05, 0.1) is 6.61 Å². The number of ether oxygens (including phenoxy) is 1. The van der Waals surface area contributed by atoms with Crippen LogP contribution in [0.2, 0.25) is 0 Å². The first-order valence-electron chi connectivity index (χ1n) is 6.33. The van der Waals surface area contributed by atoms with Crippen LogP contribution in [0.5, 0.6) is 0 Å². The number of hydrogen-bond acceptors (Lipinski definition) is 3. The predicted molar refractivity (Wildman–Crippen MR) is 68.6 cm³/mol. The van der Waals surface area contributed by atoms with E-state index in [1.807, 2.05) is 6.92 Å². The minimum atomic E-state index is -0.215. The van der Waals surface area contributed by atoms with E-state index in [-0.39, 0.29) is 11.8 Å². The highest BCUT2D eigenvalue weighted by Crippen LogP contribution is 2.02. The van der Waals surface area contributed by atoms with Crippen molar-refractivity contribution in [3.63, 3.8) is 0 Å². The average molecular weight is 253 g/mol. The van der Waals surface area contributed by atoms with Crippen molar-refractivity contribution in [2.45, 2.75) is 32.7 Å². The molecule has 0 saturated carbocycles. The summed E-state index contributed by atoms with van der Waals surface area (Å²) in [4.78, 5) is 11.1. The van der Waals surface area contributed by atoms with Crippen molar-refractivity contribution in [3.8, 4) is 0 Å². The first kappa shape index (κ1) is 14.6. The number of nitrogens with one attached hydrogen (secondary N) is 1. The Labute approximate surface area is 107 Å². The molecule has 0 aliphatic heterocycles. The summed E-state index contributed by atoms with van der Waals surface area (Å²) in [6, 6.07) is 6.44. The summed E-state index contributed by atoms with van der Waals surface area (Å²) < 4.78 is 17.5. The molecule has 0 aliphatic rings. The number of unbranched alkanes of at least 4 members (excludes halogenated alkanes) is 1. The number of halogens is 1. The largest absolute Gasteiger partial charge is 0.466 e. The van der Waals surface area contributed by atoms with Crippen LogP contribution in [0.25, 0.3) is 0 Å². The molecule has 0 unspecified atom stereocenters. The minimum absolute atomic E-state index is 0.129. The fourth-order valence-electron chi connectivity index (χ4n) is 1.59. The maximum atomic E-state index is 12.6. The van der Waals surface area contributed by atoms with E-state index in [2.05, 4.69) is 5.32 Å². The highest BCUT2D eigenvalue weighted by Gasteiger charge is 2.00. The Morgan fingerprint density at radius 2 is 2.00 bits per heavy atom. The molecule has 0 aliphatic carbocycles. The van der Waals surface area contributed by atoms with Gasteiger partial charge in [0.1, 0.15) is 5.82 Å². The van der Waals surface area contributed by atoms with Crippen molar-refractivity contribution < 1.29 is 13.9 Å². The maximum absolute atomic E-state index is 12.6. The third kappa shape index (κ3) is 6.35. The Balaban J connectivity index is 2.02. The zero-order valence-electron chi connectivity index (χ0n) is 10.7. The number of rotatable bonds is 8. The summed E-state index contributed by atoms with van der Waals surface area (Å²) in [6.45, 7) is 3.82. The van der Waals surface area contributed by atoms with E-state index in [1.165, 1.54) is 12.1 Å². The van der Waals surface area contributed by atoms with Crippen molar-refractivity contribution >= 4 is 5.97 Å². The third-order valence-corrected chi connectivity index (χ3v) is 2.53. The minimum Gasteiger partial charge on any atom is -0.466 e. The molecule has 1 rings (SSSR count). The molecule has 1 aromatic rings. The van der Waals surface area contributed by atoms with Gasteiger partial charge in [-0.2, -0.15) is 0 Å². The van der Waals surface area contributed by atoms with E-state index < -0.39 is 0 Å². The topological polar surface area (TPSA) is 38.3 Å². The lowest BCUT2D eigenvalue weighted by Crippen LogP contribution is -2.15. The summed E-state index contributed by atoms with van der Waals surface area (Å²) >= 11 is 0. The second-order valence-corrected chi connectivity index (χ2v) is 4.07. The normalized spacial score (nSPS) is 10.3. The Morgan fingerprint density at radius 1 is 1.28 bits per heavy atom. The second-order valence-electron chi connectivity index (χ2n) is 4.07. The standard InChI is InChI=1S/C14H20FNO2/c1-2-18-14(17)5-3-4-10-16-11-12-6-8-13(15)9-7-12/h6-9,16H,2-5,10-11H2,1H3. The molecule has 0 atom stereocenters. The van der Waals surface area contributed by atoms with Crippen molar-refractivity contribution in [3.05, 3.63) is 35.6 Å². The van der Waals surface area contributed by atoms with Gasteiger partial charge in [0.2, 0.25) is 0 Å². The first-order chi connectivity index (χ1) is 8.72. The van der Waals surface area contributed by atoms with Crippen LogP contribution in [-0.4, -0.2) is 19.1 Å². The van der Waals surface area contributed by atoms with Gasteiger partial charge in [-0.3, -0.25) is 4.79 Å². The van der Waals surface area contributed by atoms with Crippen LogP contribution in [0.15, 0.2) is 24.3 Å². The molecule has 100 valence electrons. The Kier molecular flexibility index (Phi) is 7.03. The van der Waals surface area contributed by atoms with Crippen molar-refractivity contribution in [2.24, 2.45) is 0 Å². The summed E-state index contributed by atoms with van der Waals surface area (Å²) in [5, 5.41) is 3.25. The van der Waals surface area contributed by atoms with E-state index in [4.69, 9.17) is 4.74 Å². The number of carbonyl (C=O) groups excluding carboxylic acids is 1. The second kappa shape index (κ2) is 8.64. The number of benzene rings is 1. The van der Waals surface area contributed by atoms with Gasteiger partial charge in [-0.25, -0.2) is 4.39 Å². The molecular weight excluding hydrogens is 233 g/mol. The molecule has 18 heavy (non-hydrogen) atoms. The molecule has 1 aromatic carbocycles.